The highest BCUT2D eigenvalue weighted by Gasteiger charge is 2.15. The lowest BCUT2D eigenvalue weighted by molar-refractivity contribution is 0.102. The van der Waals surface area contributed by atoms with Crippen LogP contribution in [0.4, 0.5) is 5.13 Å². The molecule has 0 atom stereocenters. The Labute approximate surface area is 160 Å². The minimum atomic E-state index is -0.274. The molecule has 5 nitrogen and oxygen atoms in total. The molecule has 134 valence electrons. The largest absolute Gasteiger partial charge is 0.496 e. The number of methoxy groups -OCH3 is 1. The van der Waals surface area contributed by atoms with Gasteiger partial charge < -0.3 is 4.74 Å². The van der Waals surface area contributed by atoms with Crippen LogP contribution in [-0.4, -0.2) is 23.0 Å². The fourth-order valence-electron chi connectivity index (χ4n) is 2.93. The number of ether oxygens (including phenoxy) is 1. The number of carbonyl (C=O) groups excluding carboxylic acids is 1. The second-order valence-electron chi connectivity index (χ2n) is 6.08. The van der Waals surface area contributed by atoms with Crippen molar-refractivity contribution in [3.63, 3.8) is 0 Å². The van der Waals surface area contributed by atoms with Crippen LogP contribution in [0, 0.1) is 6.92 Å². The predicted molar refractivity (Wildman–Crippen MR) is 109 cm³/mol. The molecule has 1 N–H and O–H groups in total. The van der Waals surface area contributed by atoms with Crippen LogP contribution < -0.4 is 10.1 Å². The van der Waals surface area contributed by atoms with Crippen LogP contribution in [0.25, 0.3) is 22.0 Å². The van der Waals surface area contributed by atoms with Crippen molar-refractivity contribution < 1.29 is 9.53 Å². The minimum Gasteiger partial charge on any atom is -0.496 e. The second-order valence-corrected chi connectivity index (χ2v) is 6.93. The van der Waals surface area contributed by atoms with Gasteiger partial charge in [-0.3, -0.25) is 15.1 Å². The molecule has 4 aromatic rings. The number of carbonyl (C=O) groups is 1. The molecular weight excluding hydrogens is 358 g/mol. The molecule has 0 aliphatic rings. The van der Waals surface area contributed by atoms with Crippen LogP contribution in [0.2, 0.25) is 0 Å². The van der Waals surface area contributed by atoms with Gasteiger partial charge in [0.15, 0.2) is 5.13 Å². The Kier molecular flexibility index (Phi) is 4.56. The van der Waals surface area contributed by atoms with Crippen LogP contribution in [0.3, 0.4) is 0 Å². The fourth-order valence-corrected chi connectivity index (χ4v) is 3.64. The zero-order chi connectivity index (χ0) is 18.8. The molecular formula is C21H17N3O2S. The summed E-state index contributed by atoms with van der Waals surface area (Å²) in [5.41, 5.74) is 3.17. The molecule has 0 bridgehead atoms. The highest BCUT2D eigenvalue weighted by atomic mass is 32.1. The molecule has 0 aliphatic carbocycles. The van der Waals surface area contributed by atoms with Gasteiger partial charge in [-0.2, -0.15) is 0 Å². The van der Waals surface area contributed by atoms with E-state index >= 15 is 0 Å². The summed E-state index contributed by atoms with van der Waals surface area (Å²) in [5, 5.41) is 7.07. The summed E-state index contributed by atoms with van der Waals surface area (Å²) >= 11 is 1.37. The van der Waals surface area contributed by atoms with Crippen molar-refractivity contribution in [3.05, 3.63) is 71.4 Å². The van der Waals surface area contributed by atoms with Crippen molar-refractivity contribution in [1.82, 2.24) is 9.97 Å². The maximum absolute atomic E-state index is 12.7. The van der Waals surface area contributed by atoms with Gasteiger partial charge in [-0.15, -0.1) is 11.3 Å². The van der Waals surface area contributed by atoms with Crippen LogP contribution >= 0.6 is 11.3 Å². The van der Waals surface area contributed by atoms with Crippen molar-refractivity contribution in [2.24, 2.45) is 0 Å². The first-order valence-corrected chi connectivity index (χ1v) is 9.29. The number of fused-ring (bicyclic) bond motifs is 1. The molecule has 0 radical (unpaired) electrons. The van der Waals surface area contributed by atoms with Gasteiger partial charge in [0, 0.05) is 22.5 Å². The van der Waals surface area contributed by atoms with Crippen molar-refractivity contribution in [2.45, 2.75) is 6.92 Å². The van der Waals surface area contributed by atoms with Gasteiger partial charge in [-0.05, 0) is 30.5 Å². The summed E-state index contributed by atoms with van der Waals surface area (Å²) in [6, 6.07) is 15.5. The molecule has 1 amide bonds. The molecule has 6 heteroatoms. The van der Waals surface area contributed by atoms with Gasteiger partial charge in [0.05, 0.1) is 12.8 Å². The van der Waals surface area contributed by atoms with Crippen molar-refractivity contribution >= 4 is 33.1 Å². The Morgan fingerprint density at radius 1 is 1.15 bits per heavy atom. The maximum Gasteiger partial charge on any atom is 0.276 e. The summed E-state index contributed by atoms with van der Waals surface area (Å²) in [4.78, 5) is 21.5. The zero-order valence-corrected chi connectivity index (χ0v) is 15.7. The molecule has 0 saturated heterocycles. The van der Waals surface area contributed by atoms with E-state index in [1.807, 2.05) is 60.8 Å². The number of rotatable bonds is 4. The summed E-state index contributed by atoms with van der Waals surface area (Å²) in [7, 11) is 1.63. The number of nitrogens with zero attached hydrogens (tertiary/aromatic N) is 2. The quantitative estimate of drug-likeness (QED) is 0.549. The highest BCUT2D eigenvalue weighted by molar-refractivity contribution is 7.14. The topological polar surface area (TPSA) is 64.1 Å². The van der Waals surface area contributed by atoms with Crippen molar-refractivity contribution in [3.8, 4) is 17.0 Å². The molecule has 2 heterocycles. The average molecular weight is 375 g/mol. The number of hydrogen-bond donors (Lipinski definition) is 1. The van der Waals surface area contributed by atoms with Crippen molar-refractivity contribution in [2.75, 3.05) is 12.4 Å². The molecule has 2 aromatic heterocycles. The van der Waals surface area contributed by atoms with E-state index in [1.54, 1.807) is 13.3 Å². The minimum absolute atomic E-state index is 0.274. The number of pyridine rings is 1. The molecule has 4 rings (SSSR count). The van der Waals surface area contributed by atoms with E-state index in [2.05, 4.69) is 15.3 Å². The van der Waals surface area contributed by atoms with E-state index in [9.17, 15) is 4.79 Å². The molecule has 27 heavy (non-hydrogen) atoms. The summed E-state index contributed by atoms with van der Waals surface area (Å²) in [6.07, 6.45) is 1.64. The first-order valence-electron chi connectivity index (χ1n) is 8.41. The lowest BCUT2D eigenvalue weighted by atomic mass is 10.1. The van der Waals surface area contributed by atoms with Gasteiger partial charge in [0.2, 0.25) is 0 Å². The standard InChI is InChI=1S/C21H17N3O2S/c1-13-7-8-18(26-2)16(11-13)17-12-27-21(23-17)24-20(25)19-15-6-4-3-5-14(15)9-10-22-19/h3-12H,1-2H3,(H,23,24,25). The van der Waals surface area contributed by atoms with Crippen LogP contribution in [0.1, 0.15) is 16.1 Å². The third-order valence-corrected chi connectivity index (χ3v) is 5.00. The van der Waals surface area contributed by atoms with Gasteiger partial charge in [-0.25, -0.2) is 4.98 Å². The number of anilines is 1. The third-order valence-electron chi connectivity index (χ3n) is 4.24. The van der Waals surface area contributed by atoms with Crippen LogP contribution in [0.15, 0.2) is 60.1 Å². The lowest BCUT2D eigenvalue weighted by Gasteiger charge is -2.07. The summed E-state index contributed by atoms with van der Waals surface area (Å²) in [5.74, 6) is 0.475. The van der Waals surface area contributed by atoms with E-state index < -0.39 is 0 Å². The molecule has 0 spiro atoms. The Morgan fingerprint density at radius 3 is 2.85 bits per heavy atom. The van der Waals surface area contributed by atoms with Gasteiger partial charge in [0.1, 0.15) is 11.4 Å². The maximum atomic E-state index is 12.7. The van der Waals surface area contributed by atoms with Crippen LogP contribution in [-0.2, 0) is 0 Å². The molecule has 2 aromatic carbocycles. The third kappa shape index (κ3) is 3.39. The van der Waals surface area contributed by atoms with E-state index in [1.165, 1.54) is 11.3 Å². The number of aryl methyl sites for hydroxylation is 1. The predicted octanol–water partition coefficient (Wildman–Crippen LogP) is 4.93. The van der Waals surface area contributed by atoms with Gasteiger partial charge in [-0.1, -0.05) is 35.9 Å². The Bertz CT molecular complexity index is 1130. The molecule has 0 fully saturated rings. The SMILES string of the molecule is COc1ccc(C)cc1-c1csc(NC(=O)c2nccc3ccccc23)n1. The Hall–Kier alpha value is -3.25. The zero-order valence-electron chi connectivity index (χ0n) is 14.9. The van der Waals surface area contributed by atoms with Crippen molar-refractivity contribution in [1.29, 1.82) is 0 Å². The molecule has 0 saturated carbocycles. The number of aromatic nitrogens is 2. The Morgan fingerprint density at radius 2 is 2.00 bits per heavy atom. The average Bonchev–Trinajstić information content (AvgIpc) is 3.15. The monoisotopic (exact) mass is 375 g/mol. The normalized spacial score (nSPS) is 10.7. The number of amides is 1. The Balaban J connectivity index is 1.63. The summed E-state index contributed by atoms with van der Waals surface area (Å²) in [6.45, 7) is 2.02. The number of hydrogen-bond acceptors (Lipinski definition) is 5. The number of benzene rings is 2. The lowest BCUT2D eigenvalue weighted by Crippen LogP contribution is -2.14. The van der Waals surface area contributed by atoms with Gasteiger partial charge in [0.25, 0.3) is 5.91 Å². The van der Waals surface area contributed by atoms with E-state index in [-0.39, 0.29) is 5.91 Å². The molecule has 0 unspecified atom stereocenters. The highest BCUT2D eigenvalue weighted by Crippen LogP contribution is 2.33. The number of nitrogens with one attached hydrogen (secondary N) is 1. The first-order chi connectivity index (χ1) is 13.2. The van der Waals surface area contributed by atoms with E-state index in [0.29, 0.717) is 10.8 Å². The number of thiazole rings is 1. The van der Waals surface area contributed by atoms with Gasteiger partial charge >= 0.3 is 0 Å². The smallest absolute Gasteiger partial charge is 0.276 e. The fraction of sp³-hybridized carbons (Fsp3) is 0.0952. The summed E-state index contributed by atoms with van der Waals surface area (Å²) < 4.78 is 5.43. The second kappa shape index (κ2) is 7.17. The van der Waals surface area contributed by atoms with E-state index in [4.69, 9.17) is 4.74 Å². The van der Waals surface area contributed by atoms with E-state index in [0.717, 1.165) is 33.3 Å². The first kappa shape index (κ1) is 17.2. The van der Waals surface area contributed by atoms with Crippen LogP contribution in [0.5, 0.6) is 5.75 Å². The molecule has 0 aliphatic heterocycles.